The maximum Gasteiger partial charge on any atom is 0.188 e. The summed E-state index contributed by atoms with van der Waals surface area (Å²) in [5.41, 5.74) is 3.33. The second kappa shape index (κ2) is 9.41. The van der Waals surface area contributed by atoms with Crippen LogP contribution in [0.3, 0.4) is 0 Å². The normalized spacial score (nSPS) is 25.8. The van der Waals surface area contributed by atoms with Crippen LogP contribution >= 0.6 is 0 Å². The molecule has 3 aromatic rings. The molecule has 10 nitrogen and oxygen atoms in total. The van der Waals surface area contributed by atoms with Crippen LogP contribution in [0.15, 0.2) is 36.4 Å². The van der Waals surface area contributed by atoms with E-state index < -0.39 is 37.3 Å². The van der Waals surface area contributed by atoms with E-state index in [1.54, 1.807) is 13.2 Å². The summed E-state index contributed by atoms with van der Waals surface area (Å²) >= 11 is 0. The van der Waals surface area contributed by atoms with E-state index in [1.165, 1.54) is 0 Å². The molecule has 0 saturated carbocycles. The number of benzene rings is 2. The van der Waals surface area contributed by atoms with Crippen LogP contribution in [0.5, 0.6) is 11.5 Å². The zero-order valence-electron chi connectivity index (χ0n) is 17.6. The van der Waals surface area contributed by atoms with Crippen molar-refractivity contribution < 1.29 is 39.7 Å². The number of aromatic nitrogens is 2. The summed E-state index contributed by atoms with van der Waals surface area (Å²) < 4.78 is 10.3. The number of aromatic amines is 1. The van der Waals surface area contributed by atoms with Crippen LogP contribution < -0.4 is 9.62 Å². The number of fused-ring (bicyclic) bond motifs is 1. The van der Waals surface area contributed by atoms with Crippen molar-refractivity contribution >= 4 is 10.9 Å². The van der Waals surface area contributed by atoms with Crippen LogP contribution in [0, 0.1) is 6.92 Å². The topological polar surface area (TPSA) is 147 Å². The van der Waals surface area contributed by atoms with Gasteiger partial charge in [0.1, 0.15) is 24.1 Å². The van der Waals surface area contributed by atoms with Crippen LogP contribution in [-0.2, 0) is 16.0 Å². The molecular weight excluding hydrogens is 420 g/mol. The number of hydrogen-bond acceptors (Lipinski definition) is 9. The maximum atomic E-state index is 10.3. The lowest BCUT2D eigenvalue weighted by atomic mass is 9.99. The highest BCUT2D eigenvalue weighted by Crippen LogP contribution is 2.32. The Morgan fingerprint density at radius 1 is 1.09 bits per heavy atom. The number of methoxy groups -OCH3 is 1. The third kappa shape index (κ3) is 4.42. The molecule has 5 N–H and O–H groups in total. The number of nitrogens with zero attached hydrogens (tertiary/aromatic N) is 1. The number of nitrogens with one attached hydrogen (secondary N) is 1. The summed E-state index contributed by atoms with van der Waals surface area (Å²) in [7, 11) is 1.61. The largest absolute Gasteiger partial charge is 0.497 e. The monoisotopic (exact) mass is 446 g/mol. The fourth-order valence-corrected chi connectivity index (χ4v) is 3.74. The third-order valence-electron chi connectivity index (χ3n) is 5.47. The summed E-state index contributed by atoms with van der Waals surface area (Å²) in [5.74, 6) is 1.08. The molecule has 0 bridgehead atoms. The van der Waals surface area contributed by atoms with Crippen LogP contribution in [0.2, 0.25) is 0 Å². The maximum absolute atomic E-state index is 10.3. The second-order valence-corrected chi connectivity index (χ2v) is 7.75. The first-order chi connectivity index (χ1) is 15.4. The predicted octanol–water partition coefficient (Wildman–Crippen LogP) is 0.581. The standard InChI is InChI=1S/C22H26N2O8/c1-11-7-14-18(15(24-23-14)9-12-3-5-13(29-2)6-4-12)16(8-11)31-32-21-20(27)19(26)17(10-25)30-22(21)28/h3-8,17,19-22,25-28H,9-10H2,1-2H3,(H,23,24)/t17-,19-,20+,21-,22-/m1/s1. The number of rotatable bonds is 7. The molecule has 0 spiro atoms. The van der Waals surface area contributed by atoms with Crippen molar-refractivity contribution in [3.8, 4) is 11.5 Å². The smallest absolute Gasteiger partial charge is 0.188 e. The molecule has 1 saturated heterocycles. The van der Waals surface area contributed by atoms with Crippen molar-refractivity contribution in [2.75, 3.05) is 13.7 Å². The lowest BCUT2D eigenvalue weighted by Crippen LogP contribution is -2.59. The van der Waals surface area contributed by atoms with Crippen LogP contribution in [0.4, 0.5) is 0 Å². The molecule has 2 aromatic carbocycles. The van der Waals surface area contributed by atoms with Gasteiger partial charge in [-0.3, -0.25) is 5.10 Å². The summed E-state index contributed by atoms with van der Waals surface area (Å²) in [6.07, 6.45) is -6.59. The summed E-state index contributed by atoms with van der Waals surface area (Å²) in [6.45, 7) is 1.31. The van der Waals surface area contributed by atoms with Gasteiger partial charge in [0.2, 0.25) is 0 Å². The number of H-pyrrole nitrogens is 1. The van der Waals surface area contributed by atoms with E-state index in [0.29, 0.717) is 23.3 Å². The van der Waals surface area contributed by atoms with Crippen molar-refractivity contribution in [3.05, 3.63) is 53.2 Å². The Balaban J connectivity index is 1.57. The lowest BCUT2D eigenvalue weighted by molar-refractivity contribution is -0.364. The van der Waals surface area contributed by atoms with Gasteiger partial charge in [-0.2, -0.15) is 9.99 Å². The molecule has 32 heavy (non-hydrogen) atoms. The van der Waals surface area contributed by atoms with Gasteiger partial charge in [-0.15, -0.1) is 0 Å². The molecule has 10 heteroatoms. The molecule has 2 heterocycles. The van der Waals surface area contributed by atoms with Gasteiger partial charge in [-0.1, -0.05) is 12.1 Å². The minimum atomic E-state index is -1.60. The highest BCUT2D eigenvalue weighted by Gasteiger charge is 2.45. The van der Waals surface area contributed by atoms with Gasteiger partial charge in [-0.25, -0.2) is 0 Å². The Morgan fingerprint density at radius 2 is 1.84 bits per heavy atom. The minimum absolute atomic E-state index is 0.329. The van der Waals surface area contributed by atoms with Gasteiger partial charge < -0.3 is 34.8 Å². The Morgan fingerprint density at radius 3 is 2.53 bits per heavy atom. The van der Waals surface area contributed by atoms with Gasteiger partial charge in [0.15, 0.2) is 18.1 Å². The van der Waals surface area contributed by atoms with Gasteiger partial charge >= 0.3 is 0 Å². The third-order valence-corrected chi connectivity index (χ3v) is 5.47. The molecular formula is C22H26N2O8. The van der Waals surface area contributed by atoms with E-state index in [9.17, 15) is 20.4 Å². The lowest BCUT2D eigenvalue weighted by Gasteiger charge is -2.38. The molecule has 1 aromatic heterocycles. The predicted molar refractivity (Wildman–Crippen MR) is 112 cm³/mol. The first-order valence-electron chi connectivity index (χ1n) is 10.2. The highest BCUT2D eigenvalue weighted by atomic mass is 17.2. The Kier molecular flexibility index (Phi) is 6.60. The zero-order valence-corrected chi connectivity index (χ0v) is 17.6. The molecule has 4 rings (SSSR count). The fraction of sp³-hybridized carbons (Fsp3) is 0.409. The number of aliphatic hydroxyl groups is 4. The Hall–Kier alpha value is -2.73. The molecule has 0 amide bonds. The van der Waals surface area contributed by atoms with E-state index in [1.807, 2.05) is 37.3 Å². The molecule has 172 valence electrons. The van der Waals surface area contributed by atoms with Crippen LogP contribution in [0.1, 0.15) is 16.8 Å². The van der Waals surface area contributed by atoms with Gasteiger partial charge in [-0.05, 0) is 42.3 Å². The highest BCUT2D eigenvalue weighted by molar-refractivity contribution is 5.88. The van der Waals surface area contributed by atoms with Crippen LogP contribution in [0.25, 0.3) is 10.9 Å². The second-order valence-electron chi connectivity index (χ2n) is 7.75. The van der Waals surface area contributed by atoms with E-state index in [-0.39, 0.29) is 0 Å². The van der Waals surface area contributed by atoms with Crippen LogP contribution in [-0.4, -0.2) is 75.0 Å². The molecule has 1 aliphatic heterocycles. The Bertz CT molecular complexity index is 1050. The number of ether oxygens (including phenoxy) is 2. The van der Waals surface area contributed by atoms with Gasteiger partial charge in [0.25, 0.3) is 0 Å². The quantitative estimate of drug-likeness (QED) is 0.260. The first-order valence-corrected chi connectivity index (χ1v) is 10.2. The summed E-state index contributed by atoms with van der Waals surface area (Å²) in [5, 5.41) is 47.7. The van der Waals surface area contributed by atoms with E-state index in [0.717, 1.165) is 22.4 Å². The molecule has 0 radical (unpaired) electrons. The van der Waals surface area contributed by atoms with Crippen molar-refractivity contribution in [1.29, 1.82) is 0 Å². The number of aliphatic hydroxyl groups excluding tert-OH is 4. The molecule has 5 atom stereocenters. The zero-order chi connectivity index (χ0) is 22.8. The summed E-state index contributed by atoms with van der Waals surface area (Å²) in [4.78, 5) is 10.8. The molecule has 1 fully saturated rings. The molecule has 1 aliphatic rings. The minimum Gasteiger partial charge on any atom is -0.497 e. The van der Waals surface area contributed by atoms with E-state index in [2.05, 4.69) is 10.2 Å². The molecule has 0 aliphatic carbocycles. The first kappa shape index (κ1) is 22.5. The van der Waals surface area contributed by atoms with E-state index in [4.69, 9.17) is 19.2 Å². The van der Waals surface area contributed by atoms with Crippen molar-refractivity contribution in [2.24, 2.45) is 0 Å². The van der Waals surface area contributed by atoms with Gasteiger partial charge in [0.05, 0.1) is 30.3 Å². The van der Waals surface area contributed by atoms with E-state index >= 15 is 0 Å². The van der Waals surface area contributed by atoms with Crippen molar-refractivity contribution in [2.45, 2.75) is 44.1 Å². The van der Waals surface area contributed by atoms with Crippen molar-refractivity contribution in [3.63, 3.8) is 0 Å². The number of aryl methyl sites for hydroxylation is 1. The summed E-state index contributed by atoms with van der Waals surface area (Å²) in [6, 6.07) is 11.3. The fourth-order valence-electron chi connectivity index (χ4n) is 3.74. The number of hydrogen-bond donors (Lipinski definition) is 5. The SMILES string of the molecule is COc1ccc(Cc2n[nH]c3cc(C)cc(OO[C@@H]4[C@@H](O)[C@H](O)[C@@H](CO)O[C@H]4O)c23)cc1. The van der Waals surface area contributed by atoms with Crippen molar-refractivity contribution in [1.82, 2.24) is 10.2 Å². The molecule has 0 unspecified atom stereocenters. The average Bonchev–Trinajstić information content (AvgIpc) is 3.18. The van der Waals surface area contributed by atoms with Gasteiger partial charge in [0, 0.05) is 6.42 Å². The Labute approximate surface area is 183 Å². The average molecular weight is 446 g/mol.